The molecule has 8 heteroatoms. The third-order valence-electron chi connectivity index (χ3n) is 2.58. The van der Waals surface area contributed by atoms with Gasteiger partial charge in [-0.1, -0.05) is 11.6 Å². The van der Waals surface area contributed by atoms with E-state index >= 15 is 0 Å². The van der Waals surface area contributed by atoms with Crippen molar-refractivity contribution in [2.75, 3.05) is 13.1 Å². The molecular formula is C11H14ClIN4O2. The summed E-state index contributed by atoms with van der Waals surface area (Å²) in [5.74, 6) is 0.712. The average Bonchev–Trinajstić information content (AvgIpc) is 2.38. The first-order chi connectivity index (χ1) is 8.66. The molecule has 2 rings (SSSR count). The minimum absolute atomic E-state index is 0. The standard InChI is InChI=1S/C11H13ClN4O2.HI/c12-10-3-2-9(16(17)18)6-8(10)7-15-11-13-4-1-5-14-11;/h2-3,6H,1,4-5,7H2,(H2,13,14,15);1H. The lowest BCUT2D eigenvalue weighted by atomic mass is 10.2. The molecule has 0 unspecified atom stereocenters. The zero-order valence-electron chi connectivity index (χ0n) is 10.1. The van der Waals surface area contributed by atoms with Crippen molar-refractivity contribution in [1.82, 2.24) is 10.6 Å². The lowest BCUT2D eigenvalue weighted by Gasteiger charge is -2.16. The molecule has 0 spiro atoms. The van der Waals surface area contributed by atoms with Crippen LogP contribution in [0.3, 0.4) is 0 Å². The maximum atomic E-state index is 10.7. The third-order valence-corrected chi connectivity index (χ3v) is 2.95. The number of hydrogen-bond acceptors (Lipinski definition) is 5. The Morgan fingerprint density at radius 3 is 2.95 bits per heavy atom. The van der Waals surface area contributed by atoms with Gasteiger partial charge in [0, 0.05) is 36.8 Å². The molecule has 2 N–H and O–H groups in total. The normalized spacial score (nSPS) is 13.8. The largest absolute Gasteiger partial charge is 0.356 e. The van der Waals surface area contributed by atoms with Crippen molar-refractivity contribution >= 4 is 47.2 Å². The second kappa shape index (κ2) is 7.49. The predicted molar refractivity (Wildman–Crippen MR) is 85.3 cm³/mol. The number of nitrogens with one attached hydrogen (secondary N) is 2. The molecule has 19 heavy (non-hydrogen) atoms. The first-order valence-electron chi connectivity index (χ1n) is 5.62. The molecule has 1 aliphatic heterocycles. The van der Waals surface area contributed by atoms with Gasteiger partial charge in [0.1, 0.15) is 0 Å². The van der Waals surface area contributed by atoms with Crippen LogP contribution in [0.1, 0.15) is 12.0 Å². The molecule has 104 valence electrons. The van der Waals surface area contributed by atoms with Gasteiger partial charge in [0.05, 0.1) is 4.92 Å². The van der Waals surface area contributed by atoms with E-state index in [9.17, 15) is 10.1 Å². The Bertz CT molecular complexity index is 496. The summed E-state index contributed by atoms with van der Waals surface area (Å²) in [6.07, 6.45) is 1.02. The molecule has 0 aliphatic carbocycles. The number of benzene rings is 1. The van der Waals surface area contributed by atoms with Crippen LogP contribution in [0.2, 0.25) is 5.02 Å². The number of rotatable bonds is 3. The highest BCUT2D eigenvalue weighted by atomic mass is 127. The molecule has 0 aromatic heterocycles. The maximum absolute atomic E-state index is 10.7. The van der Waals surface area contributed by atoms with Crippen LogP contribution < -0.4 is 10.6 Å². The second-order valence-electron chi connectivity index (χ2n) is 3.90. The van der Waals surface area contributed by atoms with E-state index in [0.717, 1.165) is 19.5 Å². The summed E-state index contributed by atoms with van der Waals surface area (Å²) in [6.45, 7) is 2.08. The Morgan fingerprint density at radius 2 is 2.32 bits per heavy atom. The van der Waals surface area contributed by atoms with Gasteiger partial charge in [-0.25, -0.2) is 0 Å². The molecule has 0 fully saturated rings. The Hall–Kier alpha value is -1.09. The summed E-state index contributed by atoms with van der Waals surface area (Å²) < 4.78 is 0. The van der Waals surface area contributed by atoms with Crippen molar-refractivity contribution in [1.29, 1.82) is 0 Å². The number of non-ortho nitro benzene ring substituents is 1. The van der Waals surface area contributed by atoms with Crippen LogP contribution in [0.15, 0.2) is 23.2 Å². The molecule has 0 atom stereocenters. The number of halogens is 2. The minimum Gasteiger partial charge on any atom is -0.356 e. The summed E-state index contributed by atoms with van der Waals surface area (Å²) in [5, 5.41) is 17.4. The van der Waals surface area contributed by atoms with E-state index in [-0.39, 0.29) is 29.7 Å². The van der Waals surface area contributed by atoms with Crippen molar-refractivity contribution in [3.63, 3.8) is 0 Å². The van der Waals surface area contributed by atoms with Crippen LogP contribution in [0.5, 0.6) is 0 Å². The summed E-state index contributed by atoms with van der Waals surface area (Å²) in [4.78, 5) is 14.5. The fourth-order valence-corrected chi connectivity index (χ4v) is 1.82. The number of aliphatic imine (C=N–C) groups is 1. The van der Waals surface area contributed by atoms with E-state index in [1.165, 1.54) is 18.2 Å². The van der Waals surface area contributed by atoms with E-state index in [4.69, 9.17) is 11.6 Å². The second-order valence-corrected chi connectivity index (χ2v) is 4.30. The van der Waals surface area contributed by atoms with Crippen molar-refractivity contribution < 1.29 is 4.92 Å². The van der Waals surface area contributed by atoms with Crippen molar-refractivity contribution in [2.45, 2.75) is 13.0 Å². The topological polar surface area (TPSA) is 79.6 Å². The van der Waals surface area contributed by atoms with E-state index in [1.54, 1.807) is 0 Å². The highest BCUT2D eigenvalue weighted by molar-refractivity contribution is 14.0. The smallest absolute Gasteiger partial charge is 0.269 e. The van der Waals surface area contributed by atoms with Crippen LogP contribution in [-0.2, 0) is 6.54 Å². The van der Waals surface area contributed by atoms with E-state index in [0.29, 0.717) is 23.1 Å². The lowest BCUT2D eigenvalue weighted by Crippen LogP contribution is -2.40. The molecular weight excluding hydrogens is 383 g/mol. The molecule has 0 radical (unpaired) electrons. The zero-order valence-corrected chi connectivity index (χ0v) is 13.1. The Morgan fingerprint density at radius 1 is 1.53 bits per heavy atom. The number of nitro benzene ring substituents is 1. The predicted octanol–water partition coefficient (Wildman–Crippen LogP) is 2.31. The van der Waals surface area contributed by atoms with E-state index < -0.39 is 4.92 Å². The summed E-state index contributed by atoms with van der Waals surface area (Å²) >= 11 is 6.00. The first-order valence-corrected chi connectivity index (χ1v) is 5.99. The highest BCUT2D eigenvalue weighted by Crippen LogP contribution is 2.21. The number of nitrogens with zero attached hydrogens (tertiary/aromatic N) is 2. The highest BCUT2D eigenvalue weighted by Gasteiger charge is 2.10. The molecule has 0 saturated carbocycles. The van der Waals surface area contributed by atoms with Gasteiger partial charge in [-0.3, -0.25) is 15.1 Å². The Kier molecular flexibility index (Phi) is 6.29. The first kappa shape index (κ1) is 16.0. The lowest BCUT2D eigenvalue weighted by molar-refractivity contribution is -0.384. The number of hydrogen-bond donors (Lipinski definition) is 2. The molecule has 1 aliphatic rings. The fourth-order valence-electron chi connectivity index (χ4n) is 1.64. The van der Waals surface area contributed by atoms with Crippen LogP contribution in [-0.4, -0.2) is 24.0 Å². The van der Waals surface area contributed by atoms with Gasteiger partial charge in [-0.05, 0) is 18.1 Å². The minimum atomic E-state index is -0.434. The Balaban J connectivity index is 0.00000180. The van der Waals surface area contributed by atoms with Crippen molar-refractivity contribution in [2.24, 2.45) is 4.99 Å². The van der Waals surface area contributed by atoms with Gasteiger partial charge in [0.15, 0.2) is 5.96 Å². The molecule has 0 amide bonds. The summed E-state index contributed by atoms with van der Waals surface area (Å²) in [7, 11) is 0. The quantitative estimate of drug-likeness (QED) is 0.467. The van der Waals surface area contributed by atoms with Gasteiger partial charge in [-0.15, -0.1) is 24.0 Å². The van der Waals surface area contributed by atoms with Crippen LogP contribution >= 0.6 is 35.6 Å². The number of guanidine groups is 1. The van der Waals surface area contributed by atoms with Crippen molar-refractivity contribution in [3.05, 3.63) is 38.9 Å². The summed E-state index contributed by atoms with van der Waals surface area (Å²) in [5.41, 5.74) is 0.718. The van der Waals surface area contributed by atoms with Gasteiger partial charge in [0.25, 0.3) is 5.69 Å². The maximum Gasteiger partial charge on any atom is 0.269 e. The van der Waals surface area contributed by atoms with Crippen molar-refractivity contribution in [3.8, 4) is 0 Å². The van der Waals surface area contributed by atoms with E-state index in [1.807, 2.05) is 0 Å². The van der Waals surface area contributed by atoms with Gasteiger partial charge < -0.3 is 10.6 Å². The molecule has 0 bridgehead atoms. The molecule has 0 saturated heterocycles. The SMILES string of the molecule is I.O=[N+]([O-])c1ccc(Cl)c(CNC2=NCCCN2)c1. The van der Waals surface area contributed by atoms with Crippen LogP contribution in [0.4, 0.5) is 5.69 Å². The molecule has 6 nitrogen and oxygen atoms in total. The van der Waals surface area contributed by atoms with E-state index in [2.05, 4.69) is 15.6 Å². The fraction of sp³-hybridized carbons (Fsp3) is 0.364. The zero-order chi connectivity index (χ0) is 13.0. The van der Waals surface area contributed by atoms with Gasteiger partial charge >= 0.3 is 0 Å². The molecule has 1 aromatic rings. The number of nitro groups is 1. The van der Waals surface area contributed by atoms with Crippen LogP contribution in [0, 0.1) is 10.1 Å². The van der Waals surface area contributed by atoms with Crippen LogP contribution in [0.25, 0.3) is 0 Å². The third kappa shape index (κ3) is 4.50. The molecule has 1 heterocycles. The molecule has 1 aromatic carbocycles. The summed E-state index contributed by atoms with van der Waals surface area (Å²) in [6, 6.07) is 4.40. The average molecular weight is 397 g/mol. The Labute approximate surface area is 132 Å². The van der Waals surface area contributed by atoms with Gasteiger partial charge in [0.2, 0.25) is 0 Å². The van der Waals surface area contributed by atoms with Gasteiger partial charge in [-0.2, -0.15) is 0 Å². The monoisotopic (exact) mass is 396 g/mol.